The highest BCUT2D eigenvalue weighted by Gasteiger charge is 2.36. The lowest BCUT2D eigenvalue weighted by Gasteiger charge is -2.28. The van der Waals surface area contributed by atoms with Gasteiger partial charge in [0.1, 0.15) is 11.6 Å². The summed E-state index contributed by atoms with van der Waals surface area (Å²) in [4.78, 5) is 3.17. The molecule has 0 bridgehead atoms. The van der Waals surface area contributed by atoms with Crippen molar-refractivity contribution in [2.45, 2.75) is 61.4 Å². The molecule has 1 N–H and O–H groups in total. The molecule has 0 saturated carbocycles. The maximum atomic E-state index is 13.1. The van der Waals surface area contributed by atoms with Gasteiger partial charge in [-0.25, -0.2) is 4.39 Å². The first-order valence-electron chi connectivity index (χ1n) is 9.58. The van der Waals surface area contributed by atoms with Crippen LogP contribution < -0.4 is 4.74 Å². The van der Waals surface area contributed by atoms with Crippen molar-refractivity contribution in [3.8, 4) is 5.75 Å². The summed E-state index contributed by atoms with van der Waals surface area (Å²) >= 11 is 1.75. The van der Waals surface area contributed by atoms with Gasteiger partial charge in [0.2, 0.25) is 0 Å². The lowest BCUT2D eigenvalue weighted by molar-refractivity contribution is 0.0596. The van der Waals surface area contributed by atoms with Gasteiger partial charge in [0.15, 0.2) is 4.93 Å². The Morgan fingerprint density at radius 3 is 2.64 bits per heavy atom. The third-order valence-corrected chi connectivity index (χ3v) is 6.66. The Bertz CT molecular complexity index is 815. The quantitative estimate of drug-likeness (QED) is 0.682. The van der Waals surface area contributed by atoms with Crippen LogP contribution in [-0.2, 0) is 6.42 Å². The van der Waals surface area contributed by atoms with Crippen LogP contribution in [0.15, 0.2) is 47.4 Å². The van der Waals surface area contributed by atoms with Crippen LogP contribution in [0.4, 0.5) is 4.39 Å². The number of aliphatic hydroxyl groups excluding tert-OH is 1. The first-order chi connectivity index (χ1) is 12.9. The molecule has 2 unspecified atom stereocenters. The maximum Gasteiger partial charge on any atom is 0.153 e. The number of halogens is 2. The fourth-order valence-corrected chi connectivity index (χ4v) is 5.32. The Morgan fingerprint density at radius 2 is 1.93 bits per heavy atom. The van der Waals surface area contributed by atoms with Crippen molar-refractivity contribution in [1.82, 2.24) is 4.90 Å². The van der Waals surface area contributed by atoms with E-state index in [1.165, 1.54) is 22.6 Å². The van der Waals surface area contributed by atoms with Gasteiger partial charge in [0.25, 0.3) is 0 Å². The number of nitrogens with zero attached hydrogens (tertiary/aromatic N) is 1. The molecule has 0 aromatic heterocycles. The molecule has 0 aliphatic carbocycles. The molecule has 28 heavy (non-hydrogen) atoms. The zero-order valence-corrected chi connectivity index (χ0v) is 17.9. The summed E-state index contributed by atoms with van der Waals surface area (Å²) in [6, 6.07) is 13.7. The summed E-state index contributed by atoms with van der Waals surface area (Å²) in [5.74, 6) is 0.758. The molecule has 2 aromatic rings. The van der Waals surface area contributed by atoms with Crippen LogP contribution >= 0.6 is 24.2 Å². The van der Waals surface area contributed by atoms with Crippen LogP contribution in [0.25, 0.3) is 0 Å². The van der Waals surface area contributed by atoms with E-state index in [1.807, 2.05) is 12.1 Å². The van der Waals surface area contributed by atoms with Gasteiger partial charge >= 0.3 is 0 Å². The fourth-order valence-electron chi connectivity index (χ4n) is 4.25. The van der Waals surface area contributed by atoms with E-state index in [1.54, 1.807) is 11.8 Å². The number of rotatable bonds is 5. The lowest BCUT2D eigenvalue weighted by Crippen LogP contribution is -2.32. The Balaban J connectivity index is 0.00000225. The van der Waals surface area contributed by atoms with Gasteiger partial charge in [-0.2, -0.15) is 0 Å². The smallest absolute Gasteiger partial charge is 0.153 e. The predicted octanol–water partition coefficient (Wildman–Crippen LogP) is 5.56. The molecule has 0 spiro atoms. The van der Waals surface area contributed by atoms with E-state index in [4.69, 9.17) is 4.74 Å². The molecule has 0 radical (unpaired) electrons. The average molecular weight is 424 g/mol. The number of aliphatic hydroxyl groups is 1. The Hall–Kier alpha value is -1.27. The molecular formula is C22H27ClFNO2S. The Morgan fingerprint density at radius 1 is 1.18 bits per heavy atom. The first kappa shape index (κ1) is 21.4. The maximum absolute atomic E-state index is 13.1. The topological polar surface area (TPSA) is 32.7 Å². The summed E-state index contributed by atoms with van der Waals surface area (Å²) in [6.45, 7) is 4.22. The number of likely N-dealkylation sites (tertiary alicyclic amines) is 1. The molecule has 2 heterocycles. The van der Waals surface area contributed by atoms with E-state index in [0.29, 0.717) is 6.04 Å². The second kappa shape index (κ2) is 8.62. The fraction of sp³-hybridized carbons (Fsp3) is 0.455. The van der Waals surface area contributed by atoms with Crippen molar-refractivity contribution in [2.75, 3.05) is 6.73 Å². The van der Waals surface area contributed by atoms with Crippen LogP contribution in [0.3, 0.4) is 0 Å². The second-order valence-corrected chi connectivity index (χ2v) is 9.50. The standard InChI is InChI=1S/C22H26FNO2S.ClH/c1-22(2)26-20-12-6-16(13-21(20)27-22)19-11-10-18(24(19)14-25)9-5-15-3-7-17(23)8-4-15;/h3-4,6-8,12-13,18-19,25H,5,9-11,14H2,1-2H3;1H. The third-order valence-electron chi connectivity index (χ3n) is 5.55. The summed E-state index contributed by atoms with van der Waals surface area (Å²) in [5, 5.41) is 10.0. The van der Waals surface area contributed by atoms with Crippen LogP contribution in [0, 0.1) is 5.82 Å². The molecule has 3 nitrogen and oxygen atoms in total. The highest BCUT2D eigenvalue weighted by atomic mass is 35.5. The Kier molecular flexibility index (Phi) is 6.60. The van der Waals surface area contributed by atoms with Crippen molar-refractivity contribution in [3.63, 3.8) is 0 Å². The first-order valence-corrected chi connectivity index (χ1v) is 10.4. The van der Waals surface area contributed by atoms with Gasteiger partial charge in [0.05, 0.1) is 11.6 Å². The molecule has 4 rings (SSSR count). The van der Waals surface area contributed by atoms with Crippen molar-refractivity contribution in [3.05, 3.63) is 59.4 Å². The molecule has 152 valence electrons. The highest BCUT2D eigenvalue weighted by molar-refractivity contribution is 8.00. The molecule has 2 aliphatic heterocycles. The number of fused-ring (bicyclic) bond motifs is 1. The van der Waals surface area contributed by atoms with Crippen LogP contribution in [0.2, 0.25) is 0 Å². The molecule has 1 saturated heterocycles. The average Bonchev–Trinajstić information content (AvgIpc) is 3.18. The van der Waals surface area contributed by atoms with Gasteiger partial charge < -0.3 is 9.84 Å². The third kappa shape index (κ3) is 4.48. The molecular weight excluding hydrogens is 397 g/mol. The van der Waals surface area contributed by atoms with Gasteiger partial charge in [-0.05, 0) is 74.9 Å². The number of benzene rings is 2. The van der Waals surface area contributed by atoms with E-state index in [2.05, 4.69) is 36.9 Å². The number of aryl methyl sites for hydroxylation is 1. The van der Waals surface area contributed by atoms with Crippen molar-refractivity contribution < 1.29 is 14.2 Å². The van der Waals surface area contributed by atoms with Gasteiger partial charge in [-0.15, -0.1) is 12.4 Å². The number of hydrogen-bond donors (Lipinski definition) is 1. The minimum Gasteiger partial charge on any atom is -0.476 e. The van der Waals surface area contributed by atoms with Crippen LogP contribution in [0.1, 0.15) is 50.3 Å². The second-order valence-electron chi connectivity index (χ2n) is 7.88. The monoisotopic (exact) mass is 423 g/mol. The van der Waals surface area contributed by atoms with Crippen molar-refractivity contribution >= 4 is 24.2 Å². The molecule has 2 aliphatic rings. The number of thioether (sulfide) groups is 1. The molecule has 1 fully saturated rings. The van der Waals surface area contributed by atoms with Crippen molar-refractivity contribution in [2.24, 2.45) is 0 Å². The minimum atomic E-state index is -0.217. The molecule has 2 atom stereocenters. The Labute approximate surface area is 176 Å². The van der Waals surface area contributed by atoms with Gasteiger partial charge in [-0.3, -0.25) is 4.90 Å². The van der Waals surface area contributed by atoms with E-state index < -0.39 is 0 Å². The molecule has 6 heteroatoms. The number of ether oxygens (including phenoxy) is 1. The van der Waals surface area contributed by atoms with E-state index in [0.717, 1.165) is 37.0 Å². The van der Waals surface area contributed by atoms with Gasteiger partial charge in [-0.1, -0.05) is 30.0 Å². The van der Waals surface area contributed by atoms with E-state index >= 15 is 0 Å². The van der Waals surface area contributed by atoms with E-state index in [-0.39, 0.29) is 35.9 Å². The molecule has 0 amide bonds. The van der Waals surface area contributed by atoms with Gasteiger partial charge in [0, 0.05) is 12.1 Å². The summed E-state index contributed by atoms with van der Waals surface area (Å²) in [6.07, 6.45) is 3.98. The van der Waals surface area contributed by atoms with Crippen LogP contribution in [-0.4, -0.2) is 27.7 Å². The zero-order valence-electron chi connectivity index (χ0n) is 16.2. The summed E-state index contributed by atoms with van der Waals surface area (Å²) in [7, 11) is 0. The predicted molar refractivity (Wildman–Crippen MR) is 114 cm³/mol. The summed E-state index contributed by atoms with van der Waals surface area (Å²) in [5.41, 5.74) is 2.40. The van der Waals surface area contributed by atoms with Crippen LogP contribution in [0.5, 0.6) is 5.75 Å². The molecule has 2 aromatic carbocycles. The number of hydrogen-bond acceptors (Lipinski definition) is 4. The minimum absolute atomic E-state index is 0. The zero-order chi connectivity index (χ0) is 19.0. The summed E-state index contributed by atoms with van der Waals surface area (Å²) < 4.78 is 19.0. The lowest BCUT2D eigenvalue weighted by atomic mass is 10.0. The van der Waals surface area contributed by atoms with E-state index in [9.17, 15) is 9.50 Å². The SMILES string of the molecule is CC1(C)Oc2ccc(C3CCC(CCc4ccc(F)cc4)N3CO)cc2S1.Cl. The van der Waals surface area contributed by atoms with Crippen molar-refractivity contribution in [1.29, 1.82) is 0 Å². The normalized spacial score (nSPS) is 23.1. The largest absolute Gasteiger partial charge is 0.476 e. The highest BCUT2D eigenvalue weighted by Crippen LogP contribution is 2.49.